The number of hydrogen-bond donors (Lipinski definition) is 1. The average molecular weight is 381 g/mol. The summed E-state index contributed by atoms with van der Waals surface area (Å²) in [4.78, 5) is 32.0. The standard InChI is InChI=1S/C17H15N7O4/c1-2-28-17(25)12-5-3-4-6-13(12)22-15-14(24(26)27)16(21-11-20-15)23(9-7-18)10-8-19/h3-6,11H,2,9-10H2,1H3,(H,20,21,22). The third kappa shape index (κ3) is 4.47. The van der Waals surface area contributed by atoms with Crippen LogP contribution in [0, 0.1) is 32.8 Å². The van der Waals surface area contributed by atoms with Crippen molar-refractivity contribution >= 4 is 29.0 Å². The van der Waals surface area contributed by atoms with Crippen molar-refractivity contribution in [3.63, 3.8) is 0 Å². The molecule has 0 bridgehead atoms. The number of anilines is 3. The normalized spacial score (nSPS) is 9.68. The molecule has 0 fully saturated rings. The van der Waals surface area contributed by atoms with E-state index in [0.29, 0.717) is 0 Å². The number of aromatic nitrogens is 2. The van der Waals surface area contributed by atoms with Gasteiger partial charge in [0.15, 0.2) is 0 Å². The molecule has 0 unspecified atom stereocenters. The van der Waals surface area contributed by atoms with Gasteiger partial charge in [-0.25, -0.2) is 14.8 Å². The van der Waals surface area contributed by atoms with E-state index in [0.717, 1.165) is 11.2 Å². The predicted octanol–water partition coefficient (Wildman–Crippen LogP) is 2.16. The molecule has 0 aliphatic heterocycles. The molecule has 1 aromatic carbocycles. The zero-order valence-electron chi connectivity index (χ0n) is 14.8. The summed E-state index contributed by atoms with van der Waals surface area (Å²) in [5.41, 5.74) is -0.0998. The summed E-state index contributed by atoms with van der Waals surface area (Å²) in [7, 11) is 0. The van der Waals surface area contributed by atoms with Gasteiger partial charge in [0.25, 0.3) is 0 Å². The summed E-state index contributed by atoms with van der Waals surface area (Å²) in [6.45, 7) is 1.28. The molecule has 0 spiro atoms. The van der Waals surface area contributed by atoms with E-state index < -0.39 is 16.6 Å². The van der Waals surface area contributed by atoms with Gasteiger partial charge in [-0.2, -0.15) is 10.5 Å². The molecule has 28 heavy (non-hydrogen) atoms. The summed E-state index contributed by atoms with van der Waals surface area (Å²) < 4.78 is 4.98. The summed E-state index contributed by atoms with van der Waals surface area (Å²) in [6.07, 6.45) is 1.07. The zero-order chi connectivity index (χ0) is 20.5. The third-order valence-electron chi connectivity index (χ3n) is 3.48. The van der Waals surface area contributed by atoms with Crippen LogP contribution >= 0.6 is 0 Å². The largest absolute Gasteiger partial charge is 0.462 e. The minimum absolute atomic E-state index is 0.169. The first-order valence-corrected chi connectivity index (χ1v) is 8.04. The van der Waals surface area contributed by atoms with Crippen LogP contribution < -0.4 is 10.2 Å². The highest BCUT2D eigenvalue weighted by Crippen LogP contribution is 2.34. The summed E-state index contributed by atoms with van der Waals surface area (Å²) in [5, 5.41) is 32.3. The second kappa shape index (κ2) is 9.45. The highest BCUT2D eigenvalue weighted by Gasteiger charge is 2.28. The lowest BCUT2D eigenvalue weighted by Gasteiger charge is -2.18. The van der Waals surface area contributed by atoms with Crippen LogP contribution in [0.3, 0.4) is 0 Å². The van der Waals surface area contributed by atoms with E-state index in [1.54, 1.807) is 25.1 Å². The molecule has 11 nitrogen and oxygen atoms in total. The van der Waals surface area contributed by atoms with E-state index in [2.05, 4.69) is 15.3 Å². The van der Waals surface area contributed by atoms with Crippen molar-refractivity contribution in [2.75, 3.05) is 29.9 Å². The monoisotopic (exact) mass is 381 g/mol. The Kier molecular flexibility index (Phi) is 6.77. The molecule has 11 heteroatoms. The van der Waals surface area contributed by atoms with Crippen molar-refractivity contribution in [2.45, 2.75) is 6.92 Å². The van der Waals surface area contributed by atoms with Crippen LogP contribution in [0.5, 0.6) is 0 Å². The molecular weight excluding hydrogens is 366 g/mol. The Balaban J connectivity index is 2.53. The maximum atomic E-state index is 12.1. The molecule has 0 atom stereocenters. The fourth-order valence-electron chi connectivity index (χ4n) is 2.34. The molecule has 0 saturated heterocycles. The number of hydrogen-bond acceptors (Lipinski definition) is 10. The van der Waals surface area contributed by atoms with Crippen molar-refractivity contribution in [1.29, 1.82) is 10.5 Å². The van der Waals surface area contributed by atoms with Gasteiger partial charge in [-0.1, -0.05) is 12.1 Å². The SMILES string of the molecule is CCOC(=O)c1ccccc1Nc1ncnc(N(CC#N)CC#N)c1[N+](=O)[O-]. The van der Waals surface area contributed by atoms with Gasteiger partial charge in [0.1, 0.15) is 19.4 Å². The van der Waals surface area contributed by atoms with Crippen LogP contribution in [0.1, 0.15) is 17.3 Å². The fourth-order valence-corrected chi connectivity index (χ4v) is 2.34. The van der Waals surface area contributed by atoms with Crippen LogP contribution in [-0.2, 0) is 4.74 Å². The van der Waals surface area contributed by atoms with Crippen molar-refractivity contribution < 1.29 is 14.5 Å². The minimum atomic E-state index is -0.716. The first kappa shape index (κ1) is 20.1. The van der Waals surface area contributed by atoms with Crippen molar-refractivity contribution in [3.8, 4) is 12.1 Å². The van der Waals surface area contributed by atoms with Gasteiger partial charge in [0, 0.05) is 0 Å². The van der Waals surface area contributed by atoms with Gasteiger partial charge in [-0.05, 0) is 19.1 Å². The summed E-state index contributed by atoms with van der Waals surface area (Å²) in [5.74, 6) is -0.968. The van der Waals surface area contributed by atoms with E-state index >= 15 is 0 Å². The molecule has 1 N–H and O–H groups in total. The van der Waals surface area contributed by atoms with E-state index in [1.165, 1.54) is 6.07 Å². The summed E-state index contributed by atoms with van der Waals surface area (Å²) >= 11 is 0. The van der Waals surface area contributed by atoms with Gasteiger partial charge >= 0.3 is 11.7 Å². The molecule has 1 heterocycles. The van der Waals surface area contributed by atoms with E-state index in [4.69, 9.17) is 15.3 Å². The van der Waals surface area contributed by atoms with Crippen LogP contribution in [0.15, 0.2) is 30.6 Å². The minimum Gasteiger partial charge on any atom is -0.462 e. The number of carbonyl (C=O) groups is 1. The third-order valence-corrected chi connectivity index (χ3v) is 3.48. The van der Waals surface area contributed by atoms with E-state index in [9.17, 15) is 14.9 Å². The second-order valence-corrected chi connectivity index (χ2v) is 5.21. The molecule has 2 rings (SSSR count). The first-order valence-electron chi connectivity index (χ1n) is 8.04. The summed E-state index contributed by atoms with van der Waals surface area (Å²) in [6, 6.07) is 9.98. The smallest absolute Gasteiger partial charge is 0.353 e. The Labute approximate surface area is 160 Å². The number of nitriles is 2. The number of rotatable bonds is 8. The Morgan fingerprint density at radius 1 is 1.29 bits per heavy atom. The van der Waals surface area contributed by atoms with Crippen LogP contribution in [0.2, 0.25) is 0 Å². The number of para-hydroxylation sites is 1. The molecular formula is C17H15N7O4. The van der Waals surface area contributed by atoms with Gasteiger partial charge in [0.2, 0.25) is 11.6 Å². The van der Waals surface area contributed by atoms with Crippen LogP contribution in [0.25, 0.3) is 0 Å². The number of benzene rings is 1. The lowest BCUT2D eigenvalue weighted by atomic mass is 10.1. The van der Waals surface area contributed by atoms with Gasteiger partial charge in [0.05, 0.1) is 34.9 Å². The van der Waals surface area contributed by atoms with Gasteiger partial charge in [-0.15, -0.1) is 0 Å². The average Bonchev–Trinajstić information content (AvgIpc) is 2.68. The van der Waals surface area contributed by atoms with Gasteiger partial charge < -0.3 is 15.0 Å². The molecule has 142 valence electrons. The fraction of sp³-hybridized carbons (Fsp3) is 0.235. The topological polar surface area (TPSA) is 158 Å². The van der Waals surface area contributed by atoms with Crippen molar-refractivity contribution in [1.82, 2.24) is 9.97 Å². The van der Waals surface area contributed by atoms with E-state index in [-0.39, 0.29) is 42.6 Å². The molecule has 0 saturated carbocycles. The molecule has 0 amide bonds. The maximum Gasteiger partial charge on any atom is 0.353 e. The lowest BCUT2D eigenvalue weighted by Crippen LogP contribution is -2.26. The number of nitrogens with zero attached hydrogens (tertiary/aromatic N) is 6. The highest BCUT2D eigenvalue weighted by atomic mass is 16.6. The Hall–Kier alpha value is -4.25. The maximum absolute atomic E-state index is 12.1. The quantitative estimate of drug-likeness (QED) is 0.311. The number of nitro groups is 1. The Morgan fingerprint density at radius 3 is 2.57 bits per heavy atom. The number of carbonyl (C=O) groups excluding carboxylic acids is 1. The number of esters is 1. The number of nitrogens with one attached hydrogen (secondary N) is 1. The van der Waals surface area contributed by atoms with Crippen molar-refractivity contribution in [2.24, 2.45) is 0 Å². The zero-order valence-corrected chi connectivity index (χ0v) is 14.8. The van der Waals surface area contributed by atoms with E-state index in [1.807, 2.05) is 12.1 Å². The Morgan fingerprint density at radius 2 is 1.96 bits per heavy atom. The number of ether oxygens (including phenoxy) is 1. The van der Waals surface area contributed by atoms with Crippen LogP contribution in [0.4, 0.5) is 23.0 Å². The van der Waals surface area contributed by atoms with Gasteiger partial charge in [-0.3, -0.25) is 10.1 Å². The van der Waals surface area contributed by atoms with Crippen LogP contribution in [-0.4, -0.2) is 40.6 Å². The second-order valence-electron chi connectivity index (χ2n) is 5.21. The Bertz CT molecular complexity index is 949. The predicted molar refractivity (Wildman–Crippen MR) is 97.8 cm³/mol. The molecule has 0 aliphatic carbocycles. The highest BCUT2D eigenvalue weighted by molar-refractivity contribution is 5.96. The first-order chi connectivity index (χ1) is 13.5. The molecule has 0 aliphatic rings. The molecule has 1 aromatic heterocycles. The lowest BCUT2D eigenvalue weighted by molar-refractivity contribution is -0.383. The molecule has 2 aromatic rings. The van der Waals surface area contributed by atoms with Crippen molar-refractivity contribution in [3.05, 3.63) is 46.3 Å². The molecule has 0 radical (unpaired) electrons.